The van der Waals surface area contributed by atoms with Gasteiger partial charge in [-0.3, -0.25) is 4.98 Å². The number of hydrogen-bond donors (Lipinski definition) is 2. The fourth-order valence-corrected chi connectivity index (χ4v) is 1.44. The molecule has 0 fully saturated rings. The number of pyridine rings is 1. The van der Waals surface area contributed by atoms with Gasteiger partial charge in [-0.15, -0.1) is 0 Å². The molecular formula is C11H18N2O3. The quantitative estimate of drug-likeness (QED) is 0.686. The SMILES string of the molecule is COCCN(CCO)c1ccnc(CO)c1. The summed E-state index contributed by atoms with van der Waals surface area (Å²) in [6.07, 6.45) is 1.65. The van der Waals surface area contributed by atoms with E-state index in [1.54, 1.807) is 13.3 Å². The molecule has 1 heterocycles. The van der Waals surface area contributed by atoms with Crippen molar-refractivity contribution in [2.45, 2.75) is 6.61 Å². The minimum absolute atomic E-state index is 0.0783. The summed E-state index contributed by atoms with van der Waals surface area (Å²) in [5.41, 5.74) is 1.56. The molecule has 1 aromatic heterocycles. The highest BCUT2D eigenvalue weighted by Gasteiger charge is 2.06. The van der Waals surface area contributed by atoms with Crippen molar-refractivity contribution in [1.29, 1.82) is 0 Å². The van der Waals surface area contributed by atoms with Crippen molar-refractivity contribution >= 4 is 5.69 Å². The number of anilines is 1. The van der Waals surface area contributed by atoms with Crippen LogP contribution in [0.3, 0.4) is 0 Å². The third-order valence-electron chi connectivity index (χ3n) is 2.26. The summed E-state index contributed by atoms with van der Waals surface area (Å²) in [5, 5.41) is 18.0. The van der Waals surface area contributed by atoms with Crippen LogP contribution in [0, 0.1) is 0 Å². The minimum atomic E-state index is -0.0783. The maximum Gasteiger partial charge on any atom is 0.0853 e. The molecule has 0 atom stereocenters. The van der Waals surface area contributed by atoms with Gasteiger partial charge in [0.15, 0.2) is 0 Å². The average molecular weight is 226 g/mol. The Labute approximate surface area is 95.3 Å². The van der Waals surface area contributed by atoms with E-state index in [-0.39, 0.29) is 13.2 Å². The van der Waals surface area contributed by atoms with E-state index in [9.17, 15) is 0 Å². The molecule has 0 aliphatic rings. The minimum Gasteiger partial charge on any atom is -0.395 e. The molecule has 5 nitrogen and oxygen atoms in total. The number of ether oxygens (including phenoxy) is 1. The van der Waals surface area contributed by atoms with Crippen LogP contribution in [0.5, 0.6) is 0 Å². The first-order valence-electron chi connectivity index (χ1n) is 5.22. The largest absolute Gasteiger partial charge is 0.395 e. The second-order valence-corrected chi connectivity index (χ2v) is 3.37. The smallest absolute Gasteiger partial charge is 0.0853 e. The van der Waals surface area contributed by atoms with E-state index < -0.39 is 0 Å². The average Bonchev–Trinajstić information content (AvgIpc) is 2.34. The number of nitrogens with zero attached hydrogens (tertiary/aromatic N) is 2. The van der Waals surface area contributed by atoms with Crippen LogP contribution in [-0.2, 0) is 11.3 Å². The summed E-state index contributed by atoms with van der Waals surface area (Å²) in [6.45, 7) is 1.84. The van der Waals surface area contributed by atoms with Gasteiger partial charge < -0.3 is 19.8 Å². The van der Waals surface area contributed by atoms with Crippen molar-refractivity contribution < 1.29 is 14.9 Å². The summed E-state index contributed by atoms with van der Waals surface area (Å²) in [4.78, 5) is 6.00. The molecule has 0 aliphatic carbocycles. The van der Waals surface area contributed by atoms with E-state index in [0.717, 1.165) is 5.69 Å². The molecule has 0 spiro atoms. The summed E-state index contributed by atoms with van der Waals surface area (Å²) in [6, 6.07) is 3.66. The predicted molar refractivity (Wildman–Crippen MR) is 61.3 cm³/mol. The lowest BCUT2D eigenvalue weighted by Gasteiger charge is -2.23. The number of aromatic nitrogens is 1. The zero-order valence-corrected chi connectivity index (χ0v) is 9.46. The van der Waals surface area contributed by atoms with Crippen LogP contribution in [0.4, 0.5) is 5.69 Å². The molecule has 1 aromatic rings. The van der Waals surface area contributed by atoms with Gasteiger partial charge in [0.25, 0.3) is 0 Å². The van der Waals surface area contributed by atoms with E-state index in [0.29, 0.717) is 25.4 Å². The molecule has 2 N–H and O–H groups in total. The van der Waals surface area contributed by atoms with Gasteiger partial charge in [-0.2, -0.15) is 0 Å². The van der Waals surface area contributed by atoms with Crippen LogP contribution >= 0.6 is 0 Å². The third kappa shape index (κ3) is 3.77. The lowest BCUT2D eigenvalue weighted by Crippen LogP contribution is -2.30. The zero-order chi connectivity index (χ0) is 11.8. The number of hydrogen-bond acceptors (Lipinski definition) is 5. The van der Waals surface area contributed by atoms with Crippen molar-refractivity contribution in [2.75, 3.05) is 38.3 Å². The summed E-state index contributed by atoms with van der Waals surface area (Å²) in [7, 11) is 1.64. The Morgan fingerprint density at radius 2 is 2.19 bits per heavy atom. The molecular weight excluding hydrogens is 208 g/mol. The monoisotopic (exact) mass is 226 g/mol. The Morgan fingerprint density at radius 3 is 2.81 bits per heavy atom. The first-order valence-corrected chi connectivity index (χ1v) is 5.22. The number of rotatable bonds is 7. The van der Waals surface area contributed by atoms with Crippen LogP contribution in [-0.4, -0.2) is 48.6 Å². The molecule has 1 rings (SSSR count). The van der Waals surface area contributed by atoms with Crippen molar-refractivity contribution in [1.82, 2.24) is 4.98 Å². The van der Waals surface area contributed by atoms with Crippen LogP contribution < -0.4 is 4.90 Å². The summed E-state index contributed by atoms with van der Waals surface area (Å²) in [5.74, 6) is 0. The van der Waals surface area contributed by atoms with E-state index in [1.807, 2.05) is 17.0 Å². The Hall–Kier alpha value is -1.17. The molecule has 0 amide bonds. The molecule has 5 heteroatoms. The molecule has 16 heavy (non-hydrogen) atoms. The lowest BCUT2D eigenvalue weighted by molar-refractivity contribution is 0.203. The van der Waals surface area contributed by atoms with Crippen LogP contribution in [0.25, 0.3) is 0 Å². The molecule has 0 unspecified atom stereocenters. The van der Waals surface area contributed by atoms with E-state index in [1.165, 1.54) is 0 Å². The highest BCUT2D eigenvalue weighted by Crippen LogP contribution is 2.14. The Bertz CT molecular complexity index is 307. The fraction of sp³-hybridized carbons (Fsp3) is 0.545. The molecule has 0 aromatic carbocycles. The van der Waals surface area contributed by atoms with Crippen LogP contribution in [0.2, 0.25) is 0 Å². The summed E-state index contributed by atoms with van der Waals surface area (Å²) >= 11 is 0. The first-order chi connectivity index (χ1) is 7.81. The molecule has 0 saturated heterocycles. The molecule has 0 aliphatic heterocycles. The van der Waals surface area contributed by atoms with Crippen LogP contribution in [0.15, 0.2) is 18.3 Å². The van der Waals surface area contributed by atoms with E-state index in [2.05, 4.69) is 4.98 Å². The van der Waals surface area contributed by atoms with Crippen molar-refractivity contribution in [3.63, 3.8) is 0 Å². The van der Waals surface area contributed by atoms with E-state index in [4.69, 9.17) is 14.9 Å². The number of methoxy groups -OCH3 is 1. The fourth-order valence-electron chi connectivity index (χ4n) is 1.44. The van der Waals surface area contributed by atoms with Crippen molar-refractivity contribution in [2.24, 2.45) is 0 Å². The van der Waals surface area contributed by atoms with Gasteiger partial charge in [-0.25, -0.2) is 0 Å². The van der Waals surface area contributed by atoms with Gasteiger partial charge in [-0.05, 0) is 12.1 Å². The Kier molecular flexibility index (Phi) is 5.77. The second-order valence-electron chi connectivity index (χ2n) is 3.37. The van der Waals surface area contributed by atoms with Gasteiger partial charge in [0.2, 0.25) is 0 Å². The third-order valence-corrected chi connectivity index (χ3v) is 2.26. The van der Waals surface area contributed by atoms with Gasteiger partial charge >= 0.3 is 0 Å². The molecule has 0 saturated carbocycles. The van der Waals surface area contributed by atoms with E-state index >= 15 is 0 Å². The standard InChI is InChI=1S/C11H18N2O3/c1-16-7-5-13(4-6-14)11-2-3-12-10(8-11)9-15/h2-3,8,14-15H,4-7,9H2,1H3. The van der Waals surface area contributed by atoms with Gasteiger partial charge in [0.05, 0.1) is 25.5 Å². The molecule has 90 valence electrons. The predicted octanol–water partition coefficient (Wildman–Crippen LogP) is 0.0190. The topological polar surface area (TPSA) is 65.8 Å². The maximum atomic E-state index is 8.99. The van der Waals surface area contributed by atoms with Gasteiger partial charge in [-0.1, -0.05) is 0 Å². The van der Waals surface area contributed by atoms with Crippen molar-refractivity contribution in [3.8, 4) is 0 Å². The lowest BCUT2D eigenvalue weighted by atomic mass is 10.3. The van der Waals surface area contributed by atoms with Gasteiger partial charge in [0.1, 0.15) is 0 Å². The second kappa shape index (κ2) is 7.16. The highest BCUT2D eigenvalue weighted by molar-refractivity contribution is 5.46. The maximum absolute atomic E-state index is 8.99. The zero-order valence-electron chi connectivity index (χ0n) is 9.46. The van der Waals surface area contributed by atoms with Crippen LogP contribution in [0.1, 0.15) is 5.69 Å². The Balaban J connectivity index is 2.73. The Morgan fingerprint density at radius 1 is 1.38 bits per heavy atom. The first kappa shape index (κ1) is 12.9. The highest BCUT2D eigenvalue weighted by atomic mass is 16.5. The number of aliphatic hydroxyl groups excluding tert-OH is 2. The van der Waals surface area contributed by atoms with Crippen molar-refractivity contribution in [3.05, 3.63) is 24.0 Å². The number of aliphatic hydroxyl groups is 2. The summed E-state index contributed by atoms with van der Waals surface area (Å²) < 4.78 is 5.01. The molecule has 0 radical (unpaired) electrons. The van der Waals surface area contributed by atoms with Gasteiger partial charge in [0, 0.05) is 32.1 Å². The molecule has 0 bridgehead atoms. The normalized spacial score (nSPS) is 10.4.